The smallest absolute Gasteiger partial charge is 0.233 e. The zero-order valence-corrected chi connectivity index (χ0v) is 7.61. The molecule has 1 aromatic rings. The van der Waals surface area contributed by atoms with Crippen molar-refractivity contribution in [1.29, 1.82) is 0 Å². The fourth-order valence-corrected chi connectivity index (χ4v) is 1.46. The van der Waals surface area contributed by atoms with Crippen LogP contribution in [0.15, 0.2) is 24.3 Å². The Kier molecular flexibility index (Phi) is 1.93. The van der Waals surface area contributed by atoms with Crippen LogP contribution in [0.3, 0.4) is 0 Å². The average molecular weight is 188 g/mol. The summed E-state index contributed by atoms with van der Waals surface area (Å²) < 4.78 is 5.08. The molecular formula is C11H8O3. The highest BCUT2D eigenvalue weighted by Gasteiger charge is 2.22. The maximum Gasteiger partial charge on any atom is 0.233 e. The van der Waals surface area contributed by atoms with Crippen molar-refractivity contribution in [2.45, 2.75) is 0 Å². The Morgan fingerprint density at radius 2 is 1.93 bits per heavy atom. The number of hydrogen-bond acceptors (Lipinski definition) is 3. The van der Waals surface area contributed by atoms with Gasteiger partial charge in [-0.2, -0.15) is 0 Å². The van der Waals surface area contributed by atoms with Crippen LogP contribution < -0.4 is 4.74 Å². The minimum absolute atomic E-state index is 0.414. The Morgan fingerprint density at radius 3 is 2.64 bits per heavy atom. The Hall–Kier alpha value is -1.90. The van der Waals surface area contributed by atoms with Gasteiger partial charge in [-0.25, -0.2) is 0 Å². The number of carbonyl (C=O) groups is 2. The first-order valence-corrected chi connectivity index (χ1v) is 4.18. The van der Waals surface area contributed by atoms with Crippen molar-refractivity contribution in [3.8, 4) is 5.75 Å². The van der Waals surface area contributed by atoms with Gasteiger partial charge >= 0.3 is 0 Å². The van der Waals surface area contributed by atoms with Gasteiger partial charge < -0.3 is 4.74 Å². The highest BCUT2D eigenvalue weighted by Crippen LogP contribution is 2.26. The van der Waals surface area contributed by atoms with Crippen LogP contribution >= 0.6 is 0 Å². The summed E-state index contributed by atoms with van der Waals surface area (Å²) >= 11 is 0. The van der Waals surface area contributed by atoms with Crippen LogP contribution in [0.2, 0.25) is 0 Å². The molecule has 0 aromatic heterocycles. The summed E-state index contributed by atoms with van der Waals surface area (Å²) in [5, 5.41) is 0. The van der Waals surface area contributed by atoms with Gasteiger partial charge in [0.15, 0.2) is 0 Å². The zero-order valence-electron chi connectivity index (χ0n) is 7.61. The van der Waals surface area contributed by atoms with Gasteiger partial charge in [0.2, 0.25) is 11.6 Å². The second kappa shape index (κ2) is 3.10. The normalized spacial score (nSPS) is 14.1. The van der Waals surface area contributed by atoms with Crippen LogP contribution in [0.25, 0.3) is 6.08 Å². The molecule has 0 heterocycles. The molecule has 0 N–H and O–H groups in total. The van der Waals surface area contributed by atoms with Crippen LogP contribution in [-0.4, -0.2) is 18.7 Å². The summed E-state index contributed by atoms with van der Waals surface area (Å²) in [6.45, 7) is 0. The van der Waals surface area contributed by atoms with Crippen molar-refractivity contribution in [3.05, 3.63) is 35.4 Å². The van der Waals surface area contributed by atoms with Gasteiger partial charge in [-0.15, -0.1) is 0 Å². The lowest BCUT2D eigenvalue weighted by molar-refractivity contribution is -0.110. The Balaban J connectivity index is 2.67. The maximum atomic E-state index is 11.4. The van der Waals surface area contributed by atoms with E-state index in [-0.39, 0.29) is 0 Å². The van der Waals surface area contributed by atoms with Gasteiger partial charge in [-0.05, 0) is 18.2 Å². The van der Waals surface area contributed by atoms with E-state index in [0.717, 1.165) is 0 Å². The van der Waals surface area contributed by atoms with E-state index < -0.39 is 11.6 Å². The molecule has 70 valence electrons. The molecule has 0 radical (unpaired) electrons. The molecule has 14 heavy (non-hydrogen) atoms. The molecule has 0 saturated carbocycles. The lowest BCUT2D eigenvalue weighted by Gasteiger charge is -2.11. The Labute approximate surface area is 81.0 Å². The second-order valence-electron chi connectivity index (χ2n) is 2.95. The highest BCUT2D eigenvalue weighted by atomic mass is 16.5. The molecule has 1 aromatic carbocycles. The van der Waals surface area contributed by atoms with E-state index in [2.05, 4.69) is 0 Å². The molecular weight excluding hydrogens is 180 g/mol. The SMILES string of the molecule is COc1cccc2c1C=CC(=O)C2=O. The first-order valence-electron chi connectivity index (χ1n) is 4.18. The summed E-state index contributed by atoms with van der Waals surface area (Å²) in [5.74, 6) is -0.341. The molecule has 3 heteroatoms. The lowest BCUT2D eigenvalue weighted by Crippen LogP contribution is -2.16. The number of Topliss-reactive ketones (excluding diaryl/α,β-unsaturated/α-hetero) is 1. The molecule has 0 unspecified atom stereocenters. The van der Waals surface area contributed by atoms with Gasteiger partial charge in [0, 0.05) is 11.1 Å². The third kappa shape index (κ3) is 1.14. The van der Waals surface area contributed by atoms with E-state index in [1.165, 1.54) is 13.2 Å². The molecule has 0 amide bonds. The highest BCUT2D eigenvalue weighted by molar-refractivity contribution is 6.50. The minimum Gasteiger partial charge on any atom is -0.496 e. The molecule has 0 bridgehead atoms. The fourth-order valence-electron chi connectivity index (χ4n) is 1.46. The molecule has 0 saturated heterocycles. The fraction of sp³-hybridized carbons (Fsp3) is 0.0909. The number of hydrogen-bond donors (Lipinski definition) is 0. The van der Waals surface area contributed by atoms with Crippen LogP contribution in [0.1, 0.15) is 15.9 Å². The van der Waals surface area contributed by atoms with Crippen molar-refractivity contribution < 1.29 is 14.3 Å². The van der Waals surface area contributed by atoms with Crippen LogP contribution in [0.5, 0.6) is 5.75 Å². The molecule has 1 aliphatic rings. The predicted molar refractivity (Wildman–Crippen MR) is 51.4 cm³/mol. The van der Waals surface area contributed by atoms with Crippen molar-refractivity contribution in [2.75, 3.05) is 7.11 Å². The van der Waals surface area contributed by atoms with Crippen molar-refractivity contribution in [3.63, 3.8) is 0 Å². The number of rotatable bonds is 1. The van der Waals surface area contributed by atoms with Crippen LogP contribution in [0, 0.1) is 0 Å². The standard InChI is InChI=1S/C11H8O3/c1-14-10-4-2-3-8-7(10)5-6-9(12)11(8)13/h2-6H,1H3. The Morgan fingerprint density at radius 1 is 1.14 bits per heavy atom. The molecule has 0 aliphatic heterocycles. The third-order valence-electron chi connectivity index (χ3n) is 2.16. The first-order chi connectivity index (χ1) is 6.74. The van der Waals surface area contributed by atoms with E-state index in [1.54, 1.807) is 24.3 Å². The summed E-state index contributed by atoms with van der Waals surface area (Å²) in [6.07, 6.45) is 2.88. The van der Waals surface area contributed by atoms with Crippen molar-refractivity contribution >= 4 is 17.6 Å². The largest absolute Gasteiger partial charge is 0.496 e. The summed E-state index contributed by atoms with van der Waals surface area (Å²) in [7, 11) is 1.53. The van der Waals surface area contributed by atoms with Crippen molar-refractivity contribution in [1.82, 2.24) is 0 Å². The van der Waals surface area contributed by atoms with Gasteiger partial charge in [0.05, 0.1) is 7.11 Å². The Bertz CT molecular complexity index is 444. The summed E-state index contributed by atoms with van der Waals surface area (Å²) in [6, 6.07) is 5.08. The third-order valence-corrected chi connectivity index (χ3v) is 2.16. The molecule has 3 nitrogen and oxygen atoms in total. The maximum absolute atomic E-state index is 11.4. The van der Waals surface area contributed by atoms with E-state index >= 15 is 0 Å². The zero-order chi connectivity index (χ0) is 10.1. The van der Waals surface area contributed by atoms with Gasteiger partial charge in [0.25, 0.3) is 0 Å². The number of ether oxygens (including phenoxy) is 1. The van der Waals surface area contributed by atoms with Gasteiger partial charge in [-0.3, -0.25) is 9.59 Å². The molecule has 0 atom stereocenters. The topological polar surface area (TPSA) is 43.4 Å². The van der Waals surface area contributed by atoms with E-state index in [4.69, 9.17) is 4.74 Å². The molecule has 2 rings (SSSR count). The van der Waals surface area contributed by atoms with Crippen LogP contribution in [-0.2, 0) is 4.79 Å². The van der Waals surface area contributed by atoms with E-state index in [9.17, 15) is 9.59 Å². The summed E-state index contributed by atoms with van der Waals surface area (Å²) in [4.78, 5) is 22.5. The molecule has 0 spiro atoms. The number of allylic oxidation sites excluding steroid dienone is 1. The number of carbonyl (C=O) groups excluding carboxylic acids is 2. The monoisotopic (exact) mass is 188 g/mol. The summed E-state index contributed by atoms with van der Waals surface area (Å²) in [5.41, 5.74) is 1.09. The van der Waals surface area contributed by atoms with Crippen molar-refractivity contribution in [2.24, 2.45) is 0 Å². The predicted octanol–water partition coefficient (Wildman–Crippen LogP) is 1.47. The van der Waals surface area contributed by atoms with Gasteiger partial charge in [-0.1, -0.05) is 12.1 Å². The molecule has 1 aliphatic carbocycles. The quantitative estimate of drug-likeness (QED) is 0.627. The second-order valence-corrected chi connectivity index (χ2v) is 2.95. The number of ketones is 2. The minimum atomic E-state index is -0.481. The van der Waals surface area contributed by atoms with Gasteiger partial charge in [0.1, 0.15) is 5.75 Å². The number of methoxy groups -OCH3 is 1. The molecule has 0 fully saturated rings. The van der Waals surface area contributed by atoms with E-state index in [0.29, 0.717) is 16.9 Å². The number of fused-ring (bicyclic) bond motifs is 1. The lowest BCUT2D eigenvalue weighted by atomic mass is 9.95. The number of benzene rings is 1. The average Bonchev–Trinajstić information content (AvgIpc) is 2.23. The van der Waals surface area contributed by atoms with Crippen LogP contribution in [0.4, 0.5) is 0 Å². The van der Waals surface area contributed by atoms with E-state index in [1.807, 2.05) is 0 Å². The first kappa shape index (κ1) is 8.69.